The van der Waals surface area contributed by atoms with Gasteiger partial charge < -0.3 is 10.0 Å². The third-order valence-electron chi connectivity index (χ3n) is 4.03. The predicted octanol–water partition coefficient (Wildman–Crippen LogP) is 2.27. The number of aliphatic hydroxyl groups excluding tert-OH is 1. The molecule has 0 aromatic rings. The summed E-state index contributed by atoms with van der Waals surface area (Å²) < 4.78 is 38.0. The van der Waals surface area contributed by atoms with E-state index >= 15 is 0 Å². The van der Waals surface area contributed by atoms with E-state index in [0.717, 1.165) is 24.2 Å². The van der Waals surface area contributed by atoms with Gasteiger partial charge in [-0.05, 0) is 25.7 Å². The lowest BCUT2D eigenvalue weighted by atomic mass is 9.97. The molecule has 2 unspecified atom stereocenters. The van der Waals surface area contributed by atoms with E-state index in [1.54, 1.807) is 13.8 Å². The zero-order valence-electron chi connectivity index (χ0n) is 13.6. The maximum Gasteiger partial charge on any atom is 0.406 e. The monoisotopic (exact) mass is 324 g/mol. The van der Waals surface area contributed by atoms with Gasteiger partial charge in [-0.1, -0.05) is 20.3 Å². The van der Waals surface area contributed by atoms with E-state index in [1.165, 1.54) is 0 Å². The Hall–Kier alpha value is -0.820. The topological polar surface area (TPSA) is 43.8 Å². The lowest BCUT2D eigenvalue weighted by Crippen LogP contribution is -2.53. The molecule has 2 atom stereocenters. The van der Waals surface area contributed by atoms with Gasteiger partial charge in [0.2, 0.25) is 5.91 Å². The molecule has 1 fully saturated rings. The average molecular weight is 324 g/mol. The first-order chi connectivity index (χ1) is 10.1. The molecule has 0 bridgehead atoms. The van der Waals surface area contributed by atoms with E-state index in [9.17, 15) is 23.1 Å². The SMILES string of the molecule is CC(C)CN(CC(F)(F)F)C(=O)CN1C(C)CCCC1CO. The smallest absolute Gasteiger partial charge is 0.395 e. The van der Waals surface area contributed by atoms with Crippen molar-refractivity contribution in [2.45, 2.75) is 58.3 Å². The molecule has 130 valence electrons. The van der Waals surface area contributed by atoms with Crippen LogP contribution in [0.2, 0.25) is 0 Å². The molecule has 0 saturated carbocycles. The van der Waals surface area contributed by atoms with E-state index < -0.39 is 18.6 Å². The molecular formula is C15H27F3N2O2. The van der Waals surface area contributed by atoms with Gasteiger partial charge in [-0.2, -0.15) is 13.2 Å². The largest absolute Gasteiger partial charge is 0.406 e. The van der Waals surface area contributed by atoms with Crippen LogP contribution in [0.25, 0.3) is 0 Å². The fraction of sp³-hybridized carbons (Fsp3) is 0.933. The Bertz CT molecular complexity index is 361. The van der Waals surface area contributed by atoms with E-state index in [0.29, 0.717) is 0 Å². The minimum Gasteiger partial charge on any atom is -0.395 e. The van der Waals surface area contributed by atoms with Crippen LogP contribution in [0.5, 0.6) is 0 Å². The van der Waals surface area contributed by atoms with Crippen LogP contribution in [0.4, 0.5) is 13.2 Å². The average Bonchev–Trinajstić information content (AvgIpc) is 2.38. The molecule has 1 aliphatic heterocycles. The molecule has 4 nitrogen and oxygen atoms in total. The van der Waals surface area contributed by atoms with Gasteiger partial charge in [0.05, 0.1) is 13.2 Å². The zero-order chi connectivity index (χ0) is 16.9. The van der Waals surface area contributed by atoms with Gasteiger partial charge in [0.15, 0.2) is 0 Å². The highest BCUT2D eigenvalue weighted by atomic mass is 19.4. The Labute approximate surface area is 130 Å². The Morgan fingerprint density at radius 1 is 1.36 bits per heavy atom. The summed E-state index contributed by atoms with van der Waals surface area (Å²) in [6, 6.07) is -0.0406. The first-order valence-electron chi connectivity index (χ1n) is 7.85. The van der Waals surface area contributed by atoms with Crippen LogP contribution in [0.15, 0.2) is 0 Å². The molecule has 0 aromatic heterocycles. The van der Waals surface area contributed by atoms with Crippen LogP contribution in [0.1, 0.15) is 40.0 Å². The summed E-state index contributed by atoms with van der Waals surface area (Å²) in [5.41, 5.74) is 0. The predicted molar refractivity (Wildman–Crippen MR) is 78.4 cm³/mol. The van der Waals surface area contributed by atoms with Gasteiger partial charge in [-0.25, -0.2) is 0 Å². The van der Waals surface area contributed by atoms with Crippen molar-refractivity contribution in [1.82, 2.24) is 9.80 Å². The molecule has 1 amide bonds. The van der Waals surface area contributed by atoms with Crippen molar-refractivity contribution in [3.05, 3.63) is 0 Å². The summed E-state index contributed by atoms with van der Waals surface area (Å²) in [7, 11) is 0. The molecule has 1 rings (SSSR count). The molecule has 0 aromatic carbocycles. The van der Waals surface area contributed by atoms with Crippen LogP contribution in [-0.2, 0) is 4.79 Å². The number of carbonyl (C=O) groups excluding carboxylic acids is 1. The molecule has 1 aliphatic rings. The second kappa shape index (κ2) is 8.15. The fourth-order valence-corrected chi connectivity index (χ4v) is 2.99. The van der Waals surface area contributed by atoms with Crippen molar-refractivity contribution < 1.29 is 23.1 Å². The van der Waals surface area contributed by atoms with Gasteiger partial charge in [0, 0.05) is 18.6 Å². The highest BCUT2D eigenvalue weighted by Crippen LogP contribution is 2.23. The number of halogens is 3. The molecule has 22 heavy (non-hydrogen) atoms. The van der Waals surface area contributed by atoms with E-state index in [4.69, 9.17) is 0 Å². The van der Waals surface area contributed by atoms with Gasteiger partial charge in [-0.3, -0.25) is 9.69 Å². The lowest BCUT2D eigenvalue weighted by Gasteiger charge is -2.40. The number of hydrogen-bond acceptors (Lipinski definition) is 3. The number of piperidine rings is 1. The van der Waals surface area contributed by atoms with Crippen LogP contribution >= 0.6 is 0 Å². The molecule has 0 radical (unpaired) electrons. The maximum atomic E-state index is 12.7. The fourth-order valence-electron chi connectivity index (χ4n) is 2.99. The Balaban J connectivity index is 2.75. The molecule has 1 N–H and O–H groups in total. The van der Waals surface area contributed by atoms with Crippen LogP contribution in [-0.4, -0.2) is 65.3 Å². The number of aliphatic hydroxyl groups is 1. The number of amides is 1. The lowest BCUT2D eigenvalue weighted by molar-refractivity contribution is -0.163. The van der Waals surface area contributed by atoms with Crippen molar-refractivity contribution in [2.75, 3.05) is 26.2 Å². The van der Waals surface area contributed by atoms with Crippen LogP contribution in [0.3, 0.4) is 0 Å². The normalized spacial score (nSPS) is 23.8. The van der Waals surface area contributed by atoms with Crippen molar-refractivity contribution in [3.63, 3.8) is 0 Å². The Kier molecular flexibility index (Phi) is 7.12. The summed E-state index contributed by atoms with van der Waals surface area (Å²) in [6.07, 6.45) is -1.76. The Morgan fingerprint density at radius 2 is 2.00 bits per heavy atom. The Morgan fingerprint density at radius 3 is 2.50 bits per heavy atom. The number of rotatable bonds is 6. The number of hydrogen-bond donors (Lipinski definition) is 1. The standard InChI is InChI=1S/C15H27F3N2O2/c1-11(2)7-19(10-15(16,17)18)14(22)8-20-12(3)5-4-6-13(20)9-21/h11-13,21H,4-10H2,1-3H3. The van der Waals surface area contributed by atoms with Gasteiger partial charge >= 0.3 is 6.18 Å². The van der Waals surface area contributed by atoms with Gasteiger partial charge in [0.25, 0.3) is 0 Å². The highest BCUT2D eigenvalue weighted by Gasteiger charge is 2.35. The first-order valence-corrected chi connectivity index (χ1v) is 7.85. The van der Waals surface area contributed by atoms with Crippen molar-refractivity contribution in [3.8, 4) is 0 Å². The van der Waals surface area contributed by atoms with Crippen molar-refractivity contribution in [1.29, 1.82) is 0 Å². The highest BCUT2D eigenvalue weighted by molar-refractivity contribution is 5.78. The maximum absolute atomic E-state index is 12.7. The summed E-state index contributed by atoms with van der Waals surface area (Å²) in [5, 5.41) is 9.42. The van der Waals surface area contributed by atoms with Gasteiger partial charge in [-0.15, -0.1) is 0 Å². The number of likely N-dealkylation sites (tertiary alicyclic amines) is 1. The first kappa shape index (κ1) is 19.2. The summed E-state index contributed by atoms with van der Waals surface area (Å²) in [5.74, 6) is -0.544. The number of carbonyl (C=O) groups is 1. The summed E-state index contributed by atoms with van der Waals surface area (Å²) in [6.45, 7) is 4.27. The van der Waals surface area contributed by atoms with Crippen LogP contribution in [0, 0.1) is 5.92 Å². The third kappa shape index (κ3) is 6.12. The number of nitrogens with zero attached hydrogens (tertiary/aromatic N) is 2. The molecule has 0 spiro atoms. The zero-order valence-corrected chi connectivity index (χ0v) is 13.6. The summed E-state index contributed by atoms with van der Waals surface area (Å²) >= 11 is 0. The minimum absolute atomic E-state index is 0.0290. The van der Waals surface area contributed by atoms with E-state index in [-0.39, 0.29) is 37.7 Å². The molecule has 1 heterocycles. The second-order valence-electron chi connectivity index (χ2n) is 6.57. The number of alkyl halides is 3. The molecule has 7 heteroatoms. The second-order valence-corrected chi connectivity index (χ2v) is 6.57. The van der Waals surface area contributed by atoms with Crippen molar-refractivity contribution >= 4 is 5.91 Å². The van der Waals surface area contributed by atoms with Crippen LogP contribution < -0.4 is 0 Å². The molecule has 0 aliphatic carbocycles. The van der Waals surface area contributed by atoms with E-state index in [2.05, 4.69) is 0 Å². The summed E-state index contributed by atoms with van der Waals surface area (Å²) in [4.78, 5) is 15.1. The van der Waals surface area contributed by atoms with Gasteiger partial charge in [0.1, 0.15) is 6.54 Å². The minimum atomic E-state index is -4.39. The third-order valence-corrected chi connectivity index (χ3v) is 4.03. The quantitative estimate of drug-likeness (QED) is 0.815. The van der Waals surface area contributed by atoms with E-state index in [1.807, 2.05) is 11.8 Å². The molecular weight excluding hydrogens is 297 g/mol. The van der Waals surface area contributed by atoms with Crippen molar-refractivity contribution in [2.24, 2.45) is 5.92 Å². The molecule has 1 saturated heterocycles.